The van der Waals surface area contributed by atoms with Crippen molar-refractivity contribution in [2.24, 2.45) is 0 Å². The molecule has 0 saturated heterocycles. The zero-order valence-electron chi connectivity index (χ0n) is 15.4. The van der Waals surface area contributed by atoms with Crippen LogP contribution in [0.2, 0.25) is 0 Å². The molecule has 4 nitrogen and oxygen atoms in total. The highest BCUT2D eigenvalue weighted by atomic mass is 16.5. The normalized spacial score (nSPS) is 15.6. The fourth-order valence-electron chi connectivity index (χ4n) is 3.66. The largest absolute Gasteiger partial charge is 0.497 e. The summed E-state index contributed by atoms with van der Waals surface area (Å²) < 4.78 is 10.9. The Bertz CT molecular complexity index is 965. The van der Waals surface area contributed by atoms with Crippen molar-refractivity contribution in [1.82, 2.24) is 0 Å². The molecule has 0 aromatic heterocycles. The molecular weight excluding hydrogens is 338 g/mol. The molecular formula is C23H21NO3. The van der Waals surface area contributed by atoms with Gasteiger partial charge in [0.2, 0.25) is 5.91 Å². The van der Waals surface area contributed by atoms with Gasteiger partial charge in [-0.2, -0.15) is 0 Å². The van der Waals surface area contributed by atoms with E-state index in [0.717, 1.165) is 28.1 Å². The molecule has 27 heavy (non-hydrogen) atoms. The van der Waals surface area contributed by atoms with E-state index >= 15 is 0 Å². The lowest BCUT2D eigenvalue weighted by Gasteiger charge is -2.28. The van der Waals surface area contributed by atoms with E-state index in [1.54, 1.807) is 14.2 Å². The number of hydrogen-bond donors (Lipinski definition) is 1. The molecule has 3 aromatic rings. The number of anilines is 1. The predicted octanol–water partition coefficient (Wildman–Crippen LogP) is 4.84. The Morgan fingerprint density at radius 2 is 1.59 bits per heavy atom. The molecule has 1 atom stereocenters. The fourth-order valence-corrected chi connectivity index (χ4v) is 3.66. The summed E-state index contributed by atoms with van der Waals surface area (Å²) >= 11 is 0. The van der Waals surface area contributed by atoms with Gasteiger partial charge in [0.25, 0.3) is 0 Å². The number of carbonyl (C=O) groups is 1. The molecule has 0 unspecified atom stereocenters. The number of nitrogens with one attached hydrogen (secondary N) is 1. The van der Waals surface area contributed by atoms with Gasteiger partial charge in [-0.25, -0.2) is 0 Å². The zero-order chi connectivity index (χ0) is 18.8. The van der Waals surface area contributed by atoms with Crippen LogP contribution in [0.5, 0.6) is 11.5 Å². The van der Waals surface area contributed by atoms with Crippen LogP contribution in [0.1, 0.15) is 23.5 Å². The first-order valence-corrected chi connectivity index (χ1v) is 8.90. The third-order valence-electron chi connectivity index (χ3n) is 5.00. The first-order chi connectivity index (χ1) is 13.2. The number of hydrogen-bond acceptors (Lipinski definition) is 3. The SMILES string of the molecule is COc1cc2c(c(OC)c1)[C@@H](c1ccc(-c3ccccc3)cc1)CC(=O)N2. The monoisotopic (exact) mass is 359 g/mol. The third-order valence-corrected chi connectivity index (χ3v) is 5.00. The first-order valence-electron chi connectivity index (χ1n) is 8.90. The topological polar surface area (TPSA) is 47.6 Å². The van der Waals surface area contributed by atoms with Gasteiger partial charge in [-0.05, 0) is 16.7 Å². The highest BCUT2D eigenvalue weighted by Gasteiger charge is 2.30. The Kier molecular flexibility index (Phi) is 4.55. The Morgan fingerprint density at radius 3 is 2.26 bits per heavy atom. The predicted molar refractivity (Wildman–Crippen MR) is 107 cm³/mol. The summed E-state index contributed by atoms with van der Waals surface area (Å²) in [5, 5.41) is 2.95. The van der Waals surface area contributed by atoms with Gasteiger partial charge in [-0.3, -0.25) is 4.79 Å². The van der Waals surface area contributed by atoms with E-state index in [0.29, 0.717) is 12.2 Å². The Balaban J connectivity index is 1.76. The Hall–Kier alpha value is -3.27. The summed E-state index contributed by atoms with van der Waals surface area (Å²) in [6.07, 6.45) is 0.389. The smallest absolute Gasteiger partial charge is 0.225 e. The van der Waals surface area contributed by atoms with Gasteiger partial charge in [-0.15, -0.1) is 0 Å². The van der Waals surface area contributed by atoms with E-state index in [2.05, 4.69) is 41.7 Å². The van der Waals surface area contributed by atoms with Crippen molar-refractivity contribution < 1.29 is 14.3 Å². The van der Waals surface area contributed by atoms with Crippen LogP contribution in [-0.2, 0) is 4.79 Å². The summed E-state index contributed by atoms with van der Waals surface area (Å²) in [5.41, 5.74) is 5.16. The first kappa shape index (κ1) is 17.2. The zero-order valence-corrected chi connectivity index (χ0v) is 15.4. The van der Waals surface area contributed by atoms with Crippen LogP contribution in [0.3, 0.4) is 0 Å². The van der Waals surface area contributed by atoms with Crippen molar-refractivity contribution in [3.63, 3.8) is 0 Å². The van der Waals surface area contributed by atoms with Gasteiger partial charge in [0.15, 0.2) is 0 Å². The van der Waals surface area contributed by atoms with Gasteiger partial charge in [-0.1, -0.05) is 54.6 Å². The molecule has 4 heteroatoms. The average Bonchev–Trinajstić information content (AvgIpc) is 2.72. The van der Waals surface area contributed by atoms with Crippen LogP contribution in [0.4, 0.5) is 5.69 Å². The number of methoxy groups -OCH3 is 2. The molecule has 1 amide bonds. The summed E-state index contributed by atoms with van der Waals surface area (Å²) in [6, 6.07) is 22.4. The number of rotatable bonds is 4. The van der Waals surface area contributed by atoms with E-state index in [1.807, 2.05) is 30.3 Å². The van der Waals surface area contributed by atoms with E-state index in [-0.39, 0.29) is 11.8 Å². The summed E-state index contributed by atoms with van der Waals surface area (Å²) in [5.74, 6) is 1.32. The van der Waals surface area contributed by atoms with Gasteiger partial charge in [0, 0.05) is 30.0 Å². The molecule has 3 aromatic carbocycles. The number of fused-ring (bicyclic) bond motifs is 1. The third kappa shape index (κ3) is 3.26. The summed E-state index contributed by atoms with van der Waals surface area (Å²) in [7, 11) is 3.24. The molecule has 1 N–H and O–H groups in total. The second kappa shape index (κ2) is 7.16. The molecule has 1 heterocycles. The molecule has 0 bridgehead atoms. The van der Waals surface area contributed by atoms with Crippen LogP contribution in [0, 0.1) is 0 Å². The summed E-state index contributed by atoms with van der Waals surface area (Å²) in [6.45, 7) is 0. The molecule has 1 aliphatic rings. The van der Waals surface area contributed by atoms with Crippen LogP contribution in [-0.4, -0.2) is 20.1 Å². The second-order valence-corrected chi connectivity index (χ2v) is 6.58. The van der Waals surface area contributed by atoms with Crippen LogP contribution in [0.25, 0.3) is 11.1 Å². The molecule has 0 fully saturated rings. The van der Waals surface area contributed by atoms with Crippen molar-refractivity contribution in [2.45, 2.75) is 12.3 Å². The summed E-state index contributed by atoms with van der Waals surface area (Å²) in [4.78, 5) is 12.3. The van der Waals surface area contributed by atoms with E-state index in [4.69, 9.17) is 9.47 Å². The van der Waals surface area contributed by atoms with Crippen molar-refractivity contribution >= 4 is 11.6 Å². The molecule has 0 spiro atoms. The second-order valence-electron chi connectivity index (χ2n) is 6.58. The van der Waals surface area contributed by atoms with Crippen molar-refractivity contribution in [1.29, 1.82) is 0 Å². The number of benzene rings is 3. The van der Waals surface area contributed by atoms with Crippen LogP contribution >= 0.6 is 0 Å². The fraction of sp³-hybridized carbons (Fsp3) is 0.174. The van der Waals surface area contributed by atoms with Crippen molar-refractivity contribution in [2.75, 3.05) is 19.5 Å². The quantitative estimate of drug-likeness (QED) is 0.725. The molecule has 136 valence electrons. The van der Waals surface area contributed by atoms with Crippen molar-refractivity contribution in [3.8, 4) is 22.6 Å². The number of ether oxygens (including phenoxy) is 2. The van der Waals surface area contributed by atoms with E-state index in [1.165, 1.54) is 5.56 Å². The number of carbonyl (C=O) groups excluding carboxylic acids is 1. The maximum Gasteiger partial charge on any atom is 0.225 e. The average molecular weight is 359 g/mol. The Labute approximate surface area is 158 Å². The molecule has 4 rings (SSSR count). The van der Waals surface area contributed by atoms with Gasteiger partial charge in [0.1, 0.15) is 11.5 Å². The minimum absolute atomic E-state index is 0.00468. The van der Waals surface area contributed by atoms with E-state index < -0.39 is 0 Å². The molecule has 0 radical (unpaired) electrons. The number of amides is 1. The van der Waals surface area contributed by atoms with Gasteiger partial charge in [0.05, 0.1) is 19.9 Å². The maximum atomic E-state index is 12.3. The minimum Gasteiger partial charge on any atom is -0.497 e. The molecule has 0 aliphatic carbocycles. The van der Waals surface area contributed by atoms with Gasteiger partial charge < -0.3 is 14.8 Å². The van der Waals surface area contributed by atoms with Crippen LogP contribution < -0.4 is 14.8 Å². The lowest BCUT2D eigenvalue weighted by molar-refractivity contribution is -0.116. The van der Waals surface area contributed by atoms with Crippen molar-refractivity contribution in [3.05, 3.63) is 77.9 Å². The standard InChI is InChI=1S/C23H21NO3/c1-26-18-12-20-23(21(13-18)27-2)19(14-22(25)24-20)17-10-8-16(9-11-17)15-6-4-3-5-7-15/h3-13,19H,14H2,1-2H3,(H,24,25)/t19-/m1/s1. The molecule has 1 aliphatic heterocycles. The van der Waals surface area contributed by atoms with Gasteiger partial charge >= 0.3 is 0 Å². The highest BCUT2D eigenvalue weighted by molar-refractivity contribution is 5.96. The minimum atomic E-state index is -0.0561. The Morgan fingerprint density at radius 1 is 0.889 bits per heavy atom. The van der Waals surface area contributed by atoms with E-state index in [9.17, 15) is 4.79 Å². The highest BCUT2D eigenvalue weighted by Crippen LogP contribution is 2.45. The maximum absolute atomic E-state index is 12.3. The lowest BCUT2D eigenvalue weighted by Crippen LogP contribution is -2.24. The molecule has 0 saturated carbocycles. The van der Waals surface area contributed by atoms with Crippen LogP contribution in [0.15, 0.2) is 66.7 Å². The lowest BCUT2D eigenvalue weighted by atomic mass is 9.83.